The summed E-state index contributed by atoms with van der Waals surface area (Å²) in [6.45, 7) is 0.261. The molecule has 0 spiro atoms. The first kappa shape index (κ1) is 15.1. The van der Waals surface area contributed by atoms with Crippen molar-refractivity contribution >= 4 is 21.5 Å². The number of hydrogen-bond acceptors (Lipinski definition) is 5. The molecule has 118 valence electrons. The maximum atomic E-state index is 12.0. The standard InChI is InChI=1S/C14H12N4O4S/c19-18(20)11-7-5-10(6-8-11)9-15-14-12-3-1-2-4-13(12)23(21,22)17-16-14/h1-8H,9H2,(H,15,16)(H,17,21,22). The zero-order valence-electron chi connectivity index (χ0n) is 11.7. The van der Waals surface area contributed by atoms with Gasteiger partial charge in [-0.3, -0.25) is 25.1 Å². The molecule has 2 aromatic carbocycles. The zero-order chi connectivity index (χ0) is 16.4. The Bertz CT molecular complexity index is 915. The molecule has 1 heterocycles. The van der Waals surface area contributed by atoms with Crippen molar-refractivity contribution in [3.05, 3.63) is 69.8 Å². The van der Waals surface area contributed by atoms with E-state index < -0.39 is 14.9 Å². The average Bonchev–Trinajstić information content (AvgIpc) is 2.55. The topological polar surface area (TPSA) is 117 Å². The number of rotatable bonds is 3. The highest BCUT2D eigenvalue weighted by Crippen LogP contribution is 2.21. The first-order valence-electron chi connectivity index (χ1n) is 6.59. The van der Waals surface area contributed by atoms with Crippen molar-refractivity contribution in [2.75, 3.05) is 0 Å². The Morgan fingerprint density at radius 1 is 1.22 bits per heavy atom. The van der Waals surface area contributed by atoms with E-state index in [4.69, 9.17) is 0 Å². The molecule has 2 aromatic rings. The van der Waals surface area contributed by atoms with Crippen LogP contribution >= 0.6 is 0 Å². The van der Waals surface area contributed by atoms with Crippen LogP contribution in [0.3, 0.4) is 0 Å². The maximum absolute atomic E-state index is 12.0. The molecule has 1 aliphatic heterocycles. The van der Waals surface area contributed by atoms with Gasteiger partial charge in [-0.2, -0.15) is 0 Å². The lowest BCUT2D eigenvalue weighted by molar-refractivity contribution is -0.384. The number of nitro groups is 1. The minimum Gasteiger partial charge on any atom is -0.295 e. The first-order valence-corrected chi connectivity index (χ1v) is 8.06. The van der Waals surface area contributed by atoms with Gasteiger partial charge in [-0.15, -0.1) is 0 Å². The van der Waals surface area contributed by atoms with E-state index in [1.54, 1.807) is 30.3 Å². The molecule has 0 saturated carbocycles. The van der Waals surface area contributed by atoms with Crippen molar-refractivity contribution in [1.82, 2.24) is 5.43 Å². The van der Waals surface area contributed by atoms with Gasteiger partial charge < -0.3 is 0 Å². The molecule has 9 heteroatoms. The number of aliphatic imine (C=N–C) groups is 1. The number of non-ortho nitro benzene ring substituents is 1. The fourth-order valence-corrected chi connectivity index (χ4v) is 3.14. The quantitative estimate of drug-likeness (QED) is 0.661. The van der Waals surface area contributed by atoms with Crippen LogP contribution in [0, 0.1) is 10.1 Å². The number of nitrogens with one attached hydrogen (secondary N) is 1. The highest BCUT2D eigenvalue weighted by atomic mass is 32.2. The normalized spacial score (nSPS) is 21.2. The van der Waals surface area contributed by atoms with Crippen LogP contribution in [0.25, 0.3) is 0 Å². The van der Waals surface area contributed by atoms with Crippen molar-refractivity contribution in [2.45, 2.75) is 11.4 Å². The van der Waals surface area contributed by atoms with Crippen molar-refractivity contribution < 1.29 is 13.7 Å². The Hall–Kier alpha value is -2.78. The second-order valence-corrected chi connectivity index (χ2v) is 6.40. The van der Waals surface area contributed by atoms with Gasteiger partial charge in [0.15, 0.2) is 5.84 Å². The number of nitrogens with zero attached hydrogens (tertiary/aromatic N) is 3. The third-order valence-corrected chi connectivity index (χ3v) is 4.54. The van der Waals surface area contributed by atoms with E-state index in [0.717, 1.165) is 5.56 Å². The first-order chi connectivity index (χ1) is 11.0. The number of amidine groups is 1. The minimum atomic E-state index is -3.46. The molecular weight excluding hydrogens is 320 g/mol. The summed E-state index contributed by atoms with van der Waals surface area (Å²) >= 11 is 0. The predicted octanol–water partition coefficient (Wildman–Crippen LogP) is 2.36. The van der Waals surface area contributed by atoms with Crippen LogP contribution < -0.4 is 5.43 Å². The summed E-state index contributed by atoms with van der Waals surface area (Å²) < 4.78 is 25.3. The summed E-state index contributed by atoms with van der Waals surface area (Å²) in [6.07, 6.45) is 0. The number of hydrogen-bond donors (Lipinski definition) is 2. The Balaban J connectivity index is 1.88. The number of fused-ring (bicyclic) bond motifs is 1. The third-order valence-electron chi connectivity index (χ3n) is 3.27. The number of benzene rings is 2. The van der Waals surface area contributed by atoms with Crippen LogP contribution in [0.5, 0.6) is 0 Å². The molecule has 0 radical (unpaired) electrons. The van der Waals surface area contributed by atoms with E-state index in [9.17, 15) is 18.9 Å². The molecule has 0 amide bonds. The second-order valence-electron chi connectivity index (χ2n) is 4.78. The van der Waals surface area contributed by atoms with Gasteiger partial charge in [0.05, 0.1) is 16.4 Å². The minimum absolute atomic E-state index is 0.0116. The van der Waals surface area contributed by atoms with E-state index in [-0.39, 0.29) is 17.1 Å². The van der Waals surface area contributed by atoms with Crippen LogP contribution in [0.4, 0.5) is 5.69 Å². The highest BCUT2D eigenvalue weighted by molar-refractivity contribution is 7.88. The van der Waals surface area contributed by atoms with E-state index >= 15 is 0 Å². The van der Waals surface area contributed by atoms with Gasteiger partial charge in [-0.1, -0.05) is 28.7 Å². The van der Waals surface area contributed by atoms with Crippen LogP contribution in [-0.4, -0.2) is 19.5 Å². The molecule has 0 aromatic heterocycles. The second kappa shape index (κ2) is 5.78. The molecule has 8 nitrogen and oxygen atoms in total. The summed E-state index contributed by atoms with van der Waals surface area (Å²) in [5.41, 5.74) is 3.81. The molecule has 0 fully saturated rings. The highest BCUT2D eigenvalue weighted by Gasteiger charge is 2.22. The fraction of sp³-hybridized carbons (Fsp3) is 0.0714. The molecule has 1 atom stereocenters. The molecule has 2 N–H and O–H groups in total. The Labute approximate surface area is 132 Å². The fourth-order valence-electron chi connectivity index (χ4n) is 2.12. The Morgan fingerprint density at radius 2 is 1.91 bits per heavy atom. The molecular formula is C14H12N4O4S. The summed E-state index contributed by atoms with van der Waals surface area (Å²) in [5.74, 6) is 0.381. The molecule has 0 aliphatic carbocycles. The predicted molar refractivity (Wildman–Crippen MR) is 84.4 cm³/mol. The molecule has 0 saturated heterocycles. The van der Waals surface area contributed by atoms with Crippen LogP contribution in [-0.2, 0) is 16.6 Å². The van der Waals surface area contributed by atoms with Crippen LogP contribution in [0.15, 0.2) is 62.9 Å². The van der Waals surface area contributed by atoms with Crippen molar-refractivity contribution in [3.63, 3.8) is 0 Å². The van der Waals surface area contributed by atoms with Crippen LogP contribution in [0.1, 0.15) is 11.1 Å². The smallest absolute Gasteiger partial charge is 0.269 e. The van der Waals surface area contributed by atoms with Crippen molar-refractivity contribution in [1.29, 1.82) is 0 Å². The number of nitro benzene ring substituents is 1. The molecule has 23 heavy (non-hydrogen) atoms. The van der Waals surface area contributed by atoms with Gasteiger partial charge in [0.1, 0.15) is 0 Å². The van der Waals surface area contributed by atoms with Gasteiger partial charge in [-0.25, -0.2) is 4.21 Å². The lowest BCUT2D eigenvalue weighted by atomic mass is 10.2. The Kier molecular flexibility index (Phi) is 3.80. The SMILES string of the molecule is O=[N+]([O-])c1ccc(CN=C2NN=S(=O)(O)c3ccccc32)cc1. The largest absolute Gasteiger partial charge is 0.295 e. The lowest BCUT2D eigenvalue weighted by Gasteiger charge is -2.17. The lowest BCUT2D eigenvalue weighted by Crippen LogP contribution is -2.28. The van der Waals surface area contributed by atoms with Gasteiger partial charge in [0.2, 0.25) is 10.0 Å². The van der Waals surface area contributed by atoms with Crippen molar-refractivity contribution in [2.24, 2.45) is 9.46 Å². The third kappa shape index (κ3) is 3.05. The van der Waals surface area contributed by atoms with E-state index in [1.807, 2.05) is 0 Å². The maximum Gasteiger partial charge on any atom is 0.269 e. The van der Waals surface area contributed by atoms with Crippen molar-refractivity contribution in [3.8, 4) is 0 Å². The summed E-state index contributed by atoms with van der Waals surface area (Å²) in [7, 11) is -3.46. The Morgan fingerprint density at radius 3 is 2.61 bits per heavy atom. The average molecular weight is 332 g/mol. The summed E-state index contributed by atoms with van der Waals surface area (Å²) in [4.78, 5) is 14.7. The summed E-state index contributed by atoms with van der Waals surface area (Å²) in [5, 5.41) is 10.6. The van der Waals surface area contributed by atoms with Gasteiger partial charge in [0, 0.05) is 17.7 Å². The summed E-state index contributed by atoms with van der Waals surface area (Å²) in [6, 6.07) is 12.6. The van der Waals surface area contributed by atoms with Gasteiger partial charge in [0.25, 0.3) is 5.69 Å². The van der Waals surface area contributed by atoms with Gasteiger partial charge in [-0.05, 0) is 17.7 Å². The molecule has 3 rings (SSSR count). The van der Waals surface area contributed by atoms with Crippen LogP contribution in [0.2, 0.25) is 0 Å². The van der Waals surface area contributed by atoms with E-state index in [0.29, 0.717) is 11.4 Å². The molecule has 1 aliphatic rings. The van der Waals surface area contributed by atoms with E-state index in [1.165, 1.54) is 18.2 Å². The zero-order valence-corrected chi connectivity index (χ0v) is 12.6. The van der Waals surface area contributed by atoms with E-state index in [2.05, 4.69) is 14.9 Å². The monoisotopic (exact) mass is 332 g/mol. The molecule has 0 bridgehead atoms. The van der Waals surface area contributed by atoms with Gasteiger partial charge >= 0.3 is 0 Å². The molecule has 1 unspecified atom stereocenters.